The van der Waals surface area contributed by atoms with Gasteiger partial charge >= 0.3 is 0 Å². The number of fused-ring (bicyclic) bond motifs is 2. The van der Waals surface area contributed by atoms with Crippen LogP contribution in [0.15, 0.2) is 24.3 Å². The quantitative estimate of drug-likeness (QED) is 0.880. The third-order valence-corrected chi connectivity index (χ3v) is 5.41. The first kappa shape index (κ1) is 17.9. The largest absolute Gasteiger partial charge is 0.340 e. The highest BCUT2D eigenvalue weighted by Crippen LogP contribution is 2.29. The molecule has 3 atom stereocenters. The fraction of sp³-hybridized carbons (Fsp3) is 0.600. The van der Waals surface area contributed by atoms with E-state index in [1.807, 2.05) is 39.0 Å². The molecule has 0 saturated carbocycles. The topological polar surface area (TPSA) is 61.4 Å². The van der Waals surface area contributed by atoms with E-state index in [1.165, 1.54) is 0 Å². The summed E-state index contributed by atoms with van der Waals surface area (Å²) in [7, 11) is 0. The molecule has 5 nitrogen and oxygen atoms in total. The number of benzene rings is 1. The maximum absolute atomic E-state index is 13.3. The summed E-state index contributed by atoms with van der Waals surface area (Å²) in [5.41, 5.74) is 1.65. The first-order valence-corrected chi connectivity index (χ1v) is 9.38. The number of aryl methyl sites for hydroxylation is 1. The van der Waals surface area contributed by atoms with Crippen LogP contribution in [0.1, 0.15) is 49.0 Å². The molecule has 1 aromatic carbocycles. The summed E-state index contributed by atoms with van der Waals surface area (Å²) in [6, 6.07) is 7.58. The van der Waals surface area contributed by atoms with Gasteiger partial charge in [0.15, 0.2) is 0 Å². The first-order valence-electron chi connectivity index (χ1n) is 9.38. The number of hydrogen-bond donors (Lipinski definition) is 2. The Morgan fingerprint density at radius 1 is 1.20 bits per heavy atom. The van der Waals surface area contributed by atoms with Crippen LogP contribution in [0.3, 0.4) is 0 Å². The Bertz CT molecular complexity index is 630. The highest BCUT2D eigenvalue weighted by atomic mass is 16.2. The zero-order chi connectivity index (χ0) is 18.0. The van der Waals surface area contributed by atoms with E-state index in [4.69, 9.17) is 0 Å². The van der Waals surface area contributed by atoms with Gasteiger partial charge in [-0.1, -0.05) is 31.5 Å². The van der Waals surface area contributed by atoms with Crippen LogP contribution in [-0.4, -0.2) is 47.9 Å². The van der Waals surface area contributed by atoms with Crippen molar-refractivity contribution in [2.24, 2.45) is 5.92 Å². The Morgan fingerprint density at radius 2 is 1.96 bits per heavy atom. The fourth-order valence-electron chi connectivity index (χ4n) is 4.03. The maximum atomic E-state index is 13.3. The SMILES string of the molecule is Cc1cccc(C(=O)NC(C(=O)N2C3CCNCC2CC3)C(C)C)c1. The molecule has 2 aliphatic rings. The highest BCUT2D eigenvalue weighted by Gasteiger charge is 2.41. The van der Waals surface area contributed by atoms with E-state index in [0.29, 0.717) is 11.6 Å². The van der Waals surface area contributed by atoms with Gasteiger partial charge in [-0.2, -0.15) is 0 Å². The predicted octanol–water partition coefficient (Wildman–Crippen LogP) is 2.10. The van der Waals surface area contributed by atoms with Gasteiger partial charge in [-0.05, 0) is 50.8 Å². The molecule has 0 spiro atoms. The fourth-order valence-corrected chi connectivity index (χ4v) is 4.03. The number of carbonyl (C=O) groups excluding carboxylic acids is 2. The van der Waals surface area contributed by atoms with Gasteiger partial charge in [0.1, 0.15) is 6.04 Å². The third-order valence-electron chi connectivity index (χ3n) is 5.41. The van der Waals surface area contributed by atoms with Gasteiger partial charge in [0.2, 0.25) is 5.91 Å². The van der Waals surface area contributed by atoms with Crippen LogP contribution in [0.4, 0.5) is 0 Å². The van der Waals surface area contributed by atoms with Crippen molar-refractivity contribution in [2.45, 2.75) is 58.2 Å². The highest BCUT2D eigenvalue weighted by molar-refractivity contribution is 5.97. The van der Waals surface area contributed by atoms with E-state index in [2.05, 4.69) is 15.5 Å². The molecule has 2 heterocycles. The number of amides is 2. The van der Waals surface area contributed by atoms with Crippen LogP contribution in [0.5, 0.6) is 0 Å². The molecule has 3 rings (SSSR count). The van der Waals surface area contributed by atoms with E-state index in [0.717, 1.165) is 37.9 Å². The van der Waals surface area contributed by atoms with Crippen LogP contribution >= 0.6 is 0 Å². The summed E-state index contributed by atoms with van der Waals surface area (Å²) in [5, 5.41) is 6.42. The summed E-state index contributed by atoms with van der Waals surface area (Å²) in [6.45, 7) is 7.78. The smallest absolute Gasteiger partial charge is 0.251 e. The molecular formula is C20H29N3O2. The van der Waals surface area contributed by atoms with Crippen LogP contribution in [0, 0.1) is 12.8 Å². The molecule has 2 amide bonds. The van der Waals surface area contributed by atoms with Gasteiger partial charge in [0, 0.05) is 24.2 Å². The van der Waals surface area contributed by atoms with Crippen LogP contribution in [0.2, 0.25) is 0 Å². The zero-order valence-corrected chi connectivity index (χ0v) is 15.4. The minimum absolute atomic E-state index is 0.0527. The summed E-state index contributed by atoms with van der Waals surface area (Å²) in [6.07, 6.45) is 3.13. The Kier molecular flexibility index (Phi) is 5.42. The number of nitrogens with one attached hydrogen (secondary N) is 2. The summed E-state index contributed by atoms with van der Waals surface area (Å²) in [5.74, 6) is -0.0416. The molecule has 2 N–H and O–H groups in total. The lowest BCUT2D eigenvalue weighted by atomic mass is 10.0. The predicted molar refractivity (Wildman–Crippen MR) is 98.4 cm³/mol. The molecular weight excluding hydrogens is 314 g/mol. The van der Waals surface area contributed by atoms with Crippen molar-refractivity contribution in [3.8, 4) is 0 Å². The molecule has 0 radical (unpaired) electrons. The molecule has 2 saturated heterocycles. The second-order valence-electron chi connectivity index (χ2n) is 7.69. The van der Waals surface area contributed by atoms with Gasteiger partial charge in [0.05, 0.1) is 0 Å². The Balaban J connectivity index is 1.76. The molecule has 2 aliphatic heterocycles. The Hall–Kier alpha value is -1.88. The lowest BCUT2D eigenvalue weighted by Gasteiger charge is -2.33. The molecule has 25 heavy (non-hydrogen) atoms. The van der Waals surface area contributed by atoms with Gasteiger partial charge in [-0.3, -0.25) is 9.59 Å². The van der Waals surface area contributed by atoms with Gasteiger partial charge in [-0.15, -0.1) is 0 Å². The van der Waals surface area contributed by atoms with Gasteiger partial charge in [-0.25, -0.2) is 0 Å². The minimum Gasteiger partial charge on any atom is -0.340 e. The van der Waals surface area contributed by atoms with Crippen molar-refractivity contribution in [3.63, 3.8) is 0 Å². The summed E-state index contributed by atoms with van der Waals surface area (Å²) in [4.78, 5) is 28.0. The van der Waals surface area contributed by atoms with E-state index in [1.54, 1.807) is 6.07 Å². The van der Waals surface area contributed by atoms with E-state index in [-0.39, 0.29) is 23.8 Å². The standard InChI is InChI=1S/C20H29N3O2/c1-13(2)18(22-19(24)15-6-4-5-14(3)11-15)20(25)23-16-7-8-17(23)12-21-10-9-16/h4-6,11,13,16-18,21H,7-10,12H2,1-3H3,(H,22,24). The average Bonchev–Trinajstić information content (AvgIpc) is 2.84. The van der Waals surface area contributed by atoms with Crippen molar-refractivity contribution < 1.29 is 9.59 Å². The van der Waals surface area contributed by atoms with E-state index < -0.39 is 6.04 Å². The number of hydrogen-bond acceptors (Lipinski definition) is 3. The van der Waals surface area contributed by atoms with Gasteiger partial charge < -0.3 is 15.5 Å². The van der Waals surface area contributed by atoms with Crippen molar-refractivity contribution in [3.05, 3.63) is 35.4 Å². The van der Waals surface area contributed by atoms with E-state index >= 15 is 0 Å². The molecule has 1 aromatic rings. The molecule has 3 unspecified atom stereocenters. The second-order valence-corrected chi connectivity index (χ2v) is 7.69. The molecule has 0 aromatic heterocycles. The molecule has 136 valence electrons. The Morgan fingerprint density at radius 3 is 2.68 bits per heavy atom. The molecule has 5 heteroatoms. The molecule has 2 fully saturated rings. The third kappa shape index (κ3) is 3.87. The van der Waals surface area contributed by atoms with Crippen molar-refractivity contribution in [2.75, 3.05) is 13.1 Å². The minimum atomic E-state index is -0.478. The Labute approximate surface area is 150 Å². The lowest BCUT2D eigenvalue weighted by molar-refractivity contribution is -0.137. The first-order chi connectivity index (χ1) is 12.0. The maximum Gasteiger partial charge on any atom is 0.251 e. The van der Waals surface area contributed by atoms with Crippen molar-refractivity contribution in [1.29, 1.82) is 0 Å². The van der Waals surface area contributed by atoms with Gasteiger partial charge in [0.25, 0.3) is 5.91 Å². The van der Waals surface area contributed by atoms with Crippen LogP contribution < -0.4 is 10.6 Å². The number of carbonyl (C=O) groups is 2. The van der Waals surface area contributed by atoms with Crippen molar-refractivity contribution >= 4 is 11.8 Å². The van der Waals surface area contributed by atoms with Crippen LogP contribution in [0.25, 0.3) is 0 Å². The zero-order valence-electron chi connectivity index (χ0n) is 15.4. The lowest BCUT2D eigenvalue weighted by Crippen LogP contribution is -2.55. The normalized spacial score (nSPS) is 24.1. The average molecular weight is 343 g/mol. The van der Waals surface area contributed by atoms with Crippen molar-refractivity contribution in [1.82, 2.24) is 15.5 Å². The second kappa shape index (κ2) is 7.56. The van der Waals surface area contributed by atoms with E-state index in [9.17, 15) is 9.59 Å². The molecule has 2 bridgehead atoms. The molecule has 0 aliphatic carbocycles. The van der Waals surface area contributed by atoms with Crippen LogP contribution in [-0.2, 0) is 4.79 Å². The monoisotopic (exact) mass is 343 g/mol. The summed E-state index contributed by atoms with van der Waals surface area (Å²) >= 11 is 0. The summed E-state index contributed by atoms with van der Waals surface area (Å²) < 4.78 is 0. The number of nitrogens with zero attached hydrogens (tertiary/aromatic N) is 1. The number of rotatable bonds is 4.